The summed E-state index contributed by atoms with van der Waals surface area (Å²) in [7, 11) is -1.02. The molecule has 1 unspecified atom stereocenters. The molecule has 0 nitrogen and oxygen atoms in total. The molecule has 0 saturated carbocycles. The largest absolute Gasteiger partial charge is 0.0839 e. The van der Waals surface area contributed by atoms with Crippen molar-refractivity contribution in [2.45, 2.75) is 63.7 Å². The van der Waals surface area contributed by atoms with Crippen LogP contribution in [-0.2, 0) is 0 Å². The molecule has 3 aliphatic rings. The highest BCUT2D eigenvalue weighted by atomic mass is 28.3. The minimum Gasteiger partial charge on any atom is -0.0839 e. The van der Waals surface area contributed by atoms with Gasteiger partial charge in [0.1, 0.15) is 0 Å². The Balaban J connectivity index is 1.97. The summed E-state index contributed by atoms with van der Waals surface area (Å²) in [5.41, 5.74) is 8.07. The highest BCUT2D eigenvalue weighted by Gasteiger charge is 2.37. The highest BCUT2D eigenvalue weighted by molar-refractivity contribution is 6.78. The first kappa shape index (κ1) is 11.5. The van der Waals surface area contributed by atoms with Gasteiger partial charge in [0.05, 0.1) is 8.07 Å². The molecule has 0 heterocycles. The van der Waals surface area contributed by atoms with E-state index in [9.17, 15) is 0 Å². The molecule has 1 heteroatoms. The van der Waals surface area contributed by atoms with E-state index in [0.29, 0.717) is 0 Å². The molecule has 0 N–H and O–H groups in total. The molecule has 92 valence electrons. The van der Waals surface area contributed by atoms with Crippen LogP contribution in [0.5, 0.6) is 0 Å². The zero-order valence-electron chi connectivity index (χ0n) is 11.5. The topological polar surface area (TPSA) is 0 Å². The van der Waals surface area contributed by atoms with E-state index in [4.69, 9.17) is 0 Å². The zero-order chi connectivity index (χ0) is 12.0. The summed E-state index contributed by atoms with van der Waals surface area (Å²) < 4.78 is 0. The summed E-state index contributed by atoms with van der Waals surface area (Å²) in [4.78, 5) is 0. The van der Waals surface area contributed by atoms with Crippen molar-refractivity contribution in [3.63, 3.8) is 0 Å². The Morgan fingerprint density at radius 2 is 1.94 bits per heavy atom. The monoisotopic (exact) mass is 244 g/mol. The third kappa shape index (κ3) is 1.89. The lowest BCUT2D eigenvalue weighted by molar-refractivity contribution is 0.658. The van der Waals surface area contributed by atoms with Crippen molar-refractivity contribution in [3.05, 3.63) is 34.4 Å². The van der Waals surface area contributed by atoms with Crippen LogP contribution in [0.15, 0.2) is 34.4 Å². The number of allylic oxidation sites excluding steroid dienone is 6. The number of hydrogen-bond acceptors (Lipinski definition) is 0. The molecule has 0 bridgehead atoms. The quantitative estimate of drug-likeness (QED) is 0.554. The van der Waals surface area contributed by atoms with Crippen LogP contribution < -0.4 is 0 Å². The lowest BCUT2D eigenvalue weighted by Gasteiger charge is -2.35. The smallest absolute Gasteiger partial charge is 0.0517 e. The third-order valence-corrected chi connectivity index (χ3v) is 7.51. The van der Waals surface area contributed by atoms with Gasteiger partial charge in [-0.3, -0.25) is 0 Å². The molecule has 0 aliphatic heterocycles. The molecule has 3 rings (SSSR count). The first-order valence-electron chi connectivity index (χ1n) is 7.18. The van der Waals surface area contributed by atoms with E-state index < -0.39 is 8.07 Å². The number of fused-ring (bicyclic) bond motifs is 1. The molecule has 17 heavy (non-hydrogen) atoms. The second-order valence-electron chi connectivity index (χ2n) is 6.94. The van der Waals surface area contributed by atoms with Crippen molar-refractivity contribution in [3.8, 4) is 0 Å². The van der Waals surface area contributed by atoms with Crippen LogP contribution in [0.4, 0.5) is 0 Å². The standard InChI is InChI=1S/C16H24Si/c1-17(2,3)16-10-6-9-14-13-8-5-4-7-12(13)11-15(14)16/h4,7,16H,5-6,8-11H2,1-3H3. The summed E-state index contributed by atoms with van der Waals surface area (Å²) in [6.45, 7) is 7.67. The van der Waals surface area contributed by atoms with Gasteiger partial charge in [0.15, 0.2) is 0 Å². The van der Waals surface area contributed by atoms with Gasteiger partial charge in [0.25, 0.3) is 0 Å². The van der Waals surface area contributed by atoms with Crippen LogP contribution in [0.2, 0.25) is 25.2 Å². The molecule has 3 aliphatic carbocycles. The summed E-state index contributed by atoms with van der Waals surface area (Å²) in [5, 5.41) is 0. The first-order valence-corrected chi connectivity index (χ1v) is 10.8. The van der Waals surface area contributed by atoms with Gasteiger partial charge in [-0.15, -0.1) is 0 Å². The van der Waals surface area contributed by atoms with Crippen molar-refractivity contribution in [1.82, 2.24) is 0 Å². The molecule has 0 saturated heterocycles. The predicted octanol–water partition coefficient (Wildman–Crippen LogP) is 5.23. The van der Waals surface area contributed by atoms with E-state index in [1.165, 1.54) is 38.5 Å². The van der Waals surface area contributed by atoms with Crippen LogP contribution in [-0.4, -0.2) is 8.07 Å². The Kier molecular flexibility index (Phi) is 2.70. The van der Waals surface area contributed by atoms with E-state index in [1.54, 1.807) is 11.1 Å². The van der Waals surface area contributed by atoms with Crippen molar-refractivity contribution in [1.29, 1.82) is 0 Å². The van der Waals surface area contributed by atoms with E-state index >= 15 is 0 Å². The van der Waals surface area contributed by atoms with Gasteiger partial charge in [0.2, 0.25) is 0 Å². The number of rotatable bonds is 1. The van der Waals surface area contributed by atoms with Gasteiger partial charge < -0.3 is 0 Å². The average molecular weight is 244 g/mol. The van der Waals surface area contributed by atoms with Crippen molar-refractivity contribution < 1.29 is 0 Å². The van der Waals surface area contributed by atoms with Gasteiger partial charge in [-0.1, -0.05) is 37.4 Å². The van der Waals surface area contributed by atoms with Gasteiger partial charge in [0, 0.05) is 0 Å². The minimum atomic E-state index is -1.02. The zero-order valence-corrected chi connectivity index (χ0v) is 12.5. The molecule has 0 aromatic heterocycles. The molecule has 0 radical (unpaired) electrons. The maximum absolute atomic E-state index is 2.56. The Morgan fingerprint density at radius 1 is 1.12 bits per heavy atom. The Bertz CT molecular complexity index is 429. The van der Waals surface area contributed by atoms with Gasteiger partial charge in [-0.2, -0.15) is 0 Å². The molecular formula is C16H24Si. The van der Waals surface area contributed by atoms with Crippen molar-refractivity contribution in [2.75, 3.05) is 0 Å². The van der Waals surface area contributed by atoms with E-state index in [1.807, 2.05) is 11.1 Å². The predicted molar refractivity (Wildman–Crippen MR) is 78.0 cm³/mol. The Morgan fingerprint density at radius 3 is 2.71 bits per heavy atom. The van der Waals surface area contributed by atoms with Crippen molar-refractivity contribution in [2.24, 2.45) is 0 Å². The fourth-order valence-electron chi connectivity index (χ4n) is 3.99. The SMILES string of the molecule is C[Si](C)(C)C1CCCC2=C1CC1=C2CCC=C1. The number of hydrogen-bond donors (Lipinski definition) is 0. The second-order valence-corrected chi connectivity index (χ2v) is 12.4. The first-order chi connectivity index (χ1) is 8.07. The maximum Gasteiger partial charge on any atom is 0.0517 e. The molecule has 0 spiro atoms. The van der Waals surface area contributed by atoms with Gasteiger partial charge >= 0.3 is 0 Å². The minimum absolute atomic E-state index is 0.963. The summed E-state index contributed by atoms with van der Waals surface area (Å²) in [6, 6.07) is 0. The molecule has 0 aromatic rings. The van der Waals surface area contributed by atoms with Crippen LogP contribution in [0.1, 0.15) is 38.5 Å². The van der Waals surface area contributed by atoms with E-state index in [0.717, 1.165) is 5.54 Å². The average Bonchev–Trinajstić information content (AvgIpc) is 2.65. The van der Waals surface area contributed by atoms with Crippen LogP contribution in [0.3, 0.4) is 0 Å². The maximum atomic E-state index is 2.56. The fraction of sp³-hybridized carbons (Fsp3) is 0.625. The summed E-state index contributed by atoms with van der Waals surface area (Å²) in [5.74, 6) is 0. The van der Waals surface area contributed by atoms with Crippen LogP contribution in [0.25, 0.3) is 0 Å². The lowest BCUT2D eigenvalue weighted by atomic mass is 9.88. The second kappa shape index (κ2) is 3.98. The molecule has 0 aromatic carbocycles. The molecule has 0 fully saturated rings. The third-order valence-electron chi connectivity index (χ3n) is 4.79. The molecular weight excluding hydrogens is 220 g/mol. The fourth-order valence-corrected chi connectivity index (χ4v) is 6.38. The molecule has 1 atom stereocenters. The van der Waals surface area contributed by atoms with Crippen LogP contribution in [0, 0.1) is 0 Å². The van der Waals surface area contributed by atoms with Crippen LogP contribution >= 0.6 is 0 Å². The Hall–Kier alpha value is -0.563. The summed E-state index contributed by atoms with van der Waals surface area (Å²) in [6.07, 6.45) is 13.0. The van der Waals surface area contributed by atoms with E-state index in [-0.39, 0.29) is 0 Å². The van der Waals surface area contributed by atoms with Crippen molar-refractivity contribution >= 4 is 8.07 Å². The van der Waals surface area contributed by atoms with E-state index in [2.05, 4.69) is 31.8 Å². The van der Waals surface area contributed by atoms with Gasteiger partial charge in [-0.25, -0.2) is 0 Å². The normalized spacial score (nSPS) is 28.5. The molecule has 0 amide bonds. The lowest BCUT2D eigenvalue weighted by Crippen LogP contribution is -2.31. The Labute approximate surface area is 107 Å². The van der Waals surface area contributed by atoms with Gasteiger partial charge in [-0.05, 0) is 60.8 Å². The highest BCUT2D eigenvalue weighted by Crippen LogP contribution is 2.51. The summed E-state index contributed by atoms with van der Waals surface area (Å²) >= 11 is 0.